The normalized spacial score (nSPS) is 21.0. The van der Waals surface area contributed by atoms with Crippen LogP contribution in [-0.4, -0.2) is 30.4 Å². The number of hydrogen-bond acceptors (Lipinski definition) is 5. The molecule has 0 bridgehead atoms. The fourth-order valence-electron chi connectivity index (χ4n) is 1.69. The minimum Gasteiger partial charge on any atom is -0.422 e. The Kier molecular flexibility index (Phi) is 3.69. The van der Waals surface area contributed by atoms with Gasteiger partial charge in [-0.25, -0.2) is 0 Å². The molecule has 1 aliphatic heterocycles. The van der Waals surface area contributed by atoms with Crippen molar-refractivity contribution in [1.29, 1.82) is 0 Å². The van der Waals surface area contributed by atoms with E-state index in [2.05, 4.69) is 15.5 Å². The fourth-order valence-corrected chi connectivity index (χ4v) is 1.69. The lowest BCUT2D eigenvalue weighted by molar-refractivity contribution is 0.0880. The minimum absolute atomic E-state index is 0.0375. The van der Waals surface area contributed by atoms with Crippen LogP contribution in [0, 0.1) is 0 Å². The van der Waals surface area contributed by atoms with Crippen molar-refractivity contribution in [2.24, 2.45) is 0 Å². The first-order chi connectivity index (χ1) is 7.40. The van der Waals surface area contributed by atoms with Gasteiger partial charge in [-0.2, -0.15) is 0 Å². The van der Waals surface area contributed by atoms with Gasteiger partial charge in [0.1, 0.15) is 6.10 Å². The molecule has 1 unspecified atom stereocenters. The van der Waals surface area contributed by atoms with Crippen LogP contribution in [0.5, 0.6) is 0 Å². The van der Waals surface area contributed by atoms with E-state index in [1.807, 2.05) is 7.05 Å². The third-order valence-corrected chi connectivity index (χ3v) is 2.51. The molecule has 1 aromatic rings. The second-order valence-corrected chi connectivity index (χ2v) is 3.74. The Morgan fingerprint density at radius 3 is 3.13 bits per heavy atom. The molecule has 0 amide bonds. The Labute approximate surface area is 89.2 Å². The van der Waals surface area contributed by atoms with Crippen LogP contribution in [0.2, 0.25) is 0 Å². The Hall–Kier alpha value is -0.940. The lowest BCUT2D eigenvalue weighted by Gasteiger charge is -2.01. The molecular weight excluding hydrogens is 194 g/mol. The molecule has 1 N–H and O–H groups in total. The van der Waals surface area contributed by atoms with E-state index >= 15 is 0 Å². The summed E-state index contributed by atoms with van der Waals surface area (Å²) in [5.41, 5.74) is 0. The van der Waals surface area contributed by atoms with Crippen LogP contribution < -0.4 is 5.32 Å². The number of rotatable bonds is 5. The van der Waals surface area contributed by atoms with Gasteiger partial charge in [0.15, 0.2) is 0 Å². The molecule has 0 radical (unpaired) electrons. The topological polar surface area (TPSA) is 60.2 Å². The van der Waals surface area contributed by atoms with E-state index in [0.29, 0.717) is 5.89 Å². The third kappa shape index (κ3) is 2.76. The van der Waals surface area contributed by atoms with Crippen molar-refractivity contribution in [2.75, 3.05) is 20.2 Å². The van der Waals surface area contributed by atoms with Gasteiger partial charge >= 0.3 is 0 Å². The van der Waals surface area contributed by atoms with E-state index in [-0.39, 0.29) is 6.10 Å². The average Bonchev–Trinajstić information content (AvgIpc) is 2.87. The molecule has 5 heteroatoms. The maximum Gasteiger partial charge on any atom is 0.245 e. The van der Waals surface area contributed by atoms with E-state index in [1.165, 1.54) is 0 Å². The van der Waals surface area contributed by atoms with Crippen molar-refractivity contribution in [1.82, 2.24) is 15.5 Å². The van der Waals surface area contributed by atoms with E-state index in [1.54, 1.807) is 0 Å². The largest absolute Gasteiger partial charge is 0.422 e. The lowest BCUT2D eigenvalue weighted by Crippen LogP contribution is -2.08. The third-order valence-electron chi connectivity index (χ3n) is 2.51. The van der Waals surface area contributed by atoms with Crippen molar-refractivity contribution in [3.05, 3.63) is 11.8 Å². The molecule has 5 nitrogen and oxygen atoms in total. The first kappa shape index (κ1) is 10.6. The van der Waals surface area contributed by atoms with Gasteiger partial charge in [-0.15, -0.1) is 10.2 Å². The van der Waals surface area contributed by atoms with Crippen molar-refractivity contribution in [3.63, 3.8) is 0 Å². The van der Waals surface area contributed by atoms with Crippen LogP contribution in [0.4, 0.5) is 0 Å². The van der Waals surface area contributed by atoms with Gasteiger partial charge in [-0.3, -0.25) is 0 Å². The Morgan fingerprint density at radius 1 is 1.47 bits per heavy atom. The maximum atomic E-state index is 5.54. The highest BCUT2D eigenvalue weighted by atomic mass is 16.5. The molecule has 1 saturated heterocycles. The van der Waals surface area contributed by atoms with Crippen LogP contribution in [0.15, 0.2) is 4.42 Å². The first-order valence-corrected chi connectivity index (χ1v) is 5.48. The molecule has 2 heterocycles. The van der Waals surface area contributed by atoms with E-state index < -0.39 is 0 Å². The molecule has 1 atom stereocenters. The predicted molar refractivity (Wildman–Crippen MR) is 54.5 cm³/mol. The monoisotopic (exact) mass is 211 g/mol. The molecule has 84 valence electrons. The summed E-state index contributed by atoms with van der Waals surface area (Å²) in [6.45, 7) is 1.78. The number of aryl methyl sites for hydroxylation is 1. The zero-order valence-electron chi connectivity index (χ0n) is 9.03. The summed E-state index contributed by atoms with van der Waals surface area (Å²) >= 11 is 0. The van der Waals surface area contributed by atoms with Crippen molar-refractivity contribution < 1.29 is 9.15 Å². The van der Waals surface area contributed by atoms with Gasteiger partial charge < -0.3 is 14.5 Å². The quantitative estimate of drug-likeness (QED) is 0.738. The summed E-state index contributed by atoms with van der Waals surface area (Å²) in [5, 5.41) is 11.1. The highest BCUT2D eigenvalue weighted by Crippen LogP contribution is 2.27. The van der Waals surface area contributed by atoms with Crippen molar-refractivity contribution in [2.45, 2.75) is 31.8 Å². The Morgan fingerprint density at radius 2 is 2.40 bits per heavy atom. The Bertz CT molecular complexity index is 295. The Balaban J connectivity index is 1.86. The van der Waals surface area contributed by atoms with E-state index in [0.717, 1.165) is 44.7 Å². The van der Waals surface area contributed by atoms with E-state index in [4.69, 9.17) is 9.15 Å². The minimum atomic E-state index is 0.0375. The van der Waals surface area contributed by atoms with Gasteiger partial charge in [-0.1, -0.05) is 0 Å². The van der Waals surface area contributed by atoms with Gasteiger partial charge in [0.05, 0.1) is 0 Å². The first-order valence-electron chi connectivity index (χ1n) is 5.48. The smallest absolute Gasteiger partial charge is 0.245 e. The SMILES string of the molecule is CNCCCc1nnc(C2CCCO2)o1. The van der Waals surface area contributed by atoms with Crippen LogP contribution >= 0.6 is 0 Å². The summed E-state index contributed by atoms with van der Waals surface area (Å²) in [6, 6.07) is 0. The highest BCUT2D eigenvalue weighted by molar-refractivity contribution is 4.89. The van der Waals surface area contributed by atoms with Crippen LogP contribution in [0.25, 0.3) is 0 Å². The highest BCUT2D eigenvalue weighted by Gasteiger charge is 2.23. The number of ether oxygens (including phenoxy) is 1. The van der Waals surface area contributed by atoms with Gasteiger partial charge in [0.2, 0.25) is 11.8 Å². The number of aromatic nitrogens is 2. The molecule has 1 aliphatic rings. The molecule has 1 fully saturated rings. The van der Waals surface area contributed by atoms with Crippen molar-refractivity contribution in [3.8, 4) is 0 Å². The van der Waals surface area contributed by atoms with Crippen molar-refractivity contribution >= 4 is 0 Å². The van der Waals surface area contributed by atoms with Crippen LogP contribution in [0.3, 0.4) is 0 Å². The fraction of sp³-hybridized carbons (Fsp3) is 0.800. The summed E-state index contributed by atoms with van der Waals surface area (Å²) in [5.74, 6) is 1.36. The van der Waals surface area contributed by atoms with Gasteiger partial charge in [-0.05, 0) is 32.9 Å². The average molecular weight is 211 g/mol. The second kappa shape index (κ2) is 5.23. The zero-order chi connectivity index (χ0) is 10.5. The molecule has 1 aromatic heterocycles. The molecular formula is C10H17N3O2. The van der Waals surface area contributed by atoms with Crippen LogP contribution in [0.1, 0.15) is 37.1 Å². The molecule has 2 rings (SSSR count). The molecule has 15 heavy (non-hydrogen) atoms. The number of nitrogens with zero attached hydrogens (tertiary/aromatic N) is 2. The number of nitrogens with one attached hydrogen (secondary N) is 1. The molecule has 0 aliphatic carbocycles. The van der Waals surface area contributed by atoms with E-state index in [9.17, 15) is 0 Å². The molecule has 0 spiro atoms. The summed E-state index contributed by atoms with van der Waals surface area (Å²) in [6.07, 6.45) is 3.97. The zero-order valence-corrected chi connectivity index (χ0v) is 9.03. The summed E-state index contributed by atoms with van der Waals surface area (Å²) in [4.78, 5) is 0. The van der Waals surface area contributed by atoms with Crippen LogP contribution in [-0.2, 0) is 11.2 Å². The molecule has 0 aromatic carbocycles. The summed E-state index contributed by atoms with van der Waals surface area (Å²) < 4.78 is 11.0. The van der Waals surface area contributed by atoms with Gasteiger partial charge in [0, 0.05) is 13.0 Å². The van der Waals surface area contributed by atoms with Gasteiger partial charge in [0.25, 0.3) is 0 Å². The predicted octanol–water partition coefficient (Wildman–Crippen LogP) is 1.07. The lowest BCUT2D eigenvalue weighted by atomic mass is 10.2. The number of hydrogen-bond donors (Lipinski definition) is 1. The maximum absolute atomic E-state index is 5.54. The summed E-state index contributed by atoms with van der Waals surface area (Å²) in [7, 11) is 1.94. The molecule has 0 saturated carbocycles. The second-order valence-electron chi connectivity index (χ2n) is 3.74. The standard InChI is InChI=1S/C10H17N3O2/c1-11-6-2-5-9-12-13-10(15-9)8-4-3-7-14-8/h8,11H,2-7H2,1H3.